The molecule has 5 nitrogen and oxygen atoms in total. The van der Waals surface area contributed by atoms with Gasteiger partial charge < -0.3 is 15.0 Å². The van der Waals surface area contributed by atoms with Crippen LogP contribution in [0.15, 0.2) is 12.4 Å². The first kappa shape index (κ1) is 12.1. The third-order valence-corrected chi connectivity index (χ3v) is 3.39. The van der Waals surface area contributed by atoms with Gasteiger partial charge in [-0.25, -0.2) is 4.98 Å². The van der Waals surface area contributed by atoms with E-state index in [1.165, 1.54) is 0 Å². The van der Waals surface area contributed by atoms with Gasteiger partial charge in [-0.05, 0) is 11.8 Å². The highest BCUT2D eigenvalue weighted by atomic mass is 16.3. The molecule has 1 aliphatic carbocycles. The topological polar surface area (TPSA) is 69.2 Å². The van der Waals surface area contributed by atoms with Crippen LogP contribution in [0.2, 0.25) is 0 Å². The smallest absolute Gasteiger partial charge is 0.226 e. The molecule has 1 saturated carbocycles. The molecule has 0 aromatic carbocycles. The number of H-pyrrole nitrogens is 1. The highest BCUT2D eigenvalue weighted by Gasteiger charge is 2.51. The molecule has 1 amide bonds. The molecular formula is C12H19N3O2. The molecule has 17 heavy (non-hydrogen) atoms. The number of carbonyl (C=O) groups excluding carboxylic acids is 1. The largest absolute Gasteiger partial charge is 0.395 e. The minimum absolute atomic E-state index is 0.0143. The zero-order valence-electron chi connectivity index (χ0n) is 10.3. The highest BCUT2D eigenvalue weighted by molar-refractivity contribution is 5.82. The molecule has 0 radical (unpaired) electrons. The first-order valence-corrected chi connectivity index (χ1v) is 5.92. The Labute approximate surface area is 101 Å². The van der Waals surface area contributed by atoms with Gasteiger partial charge in [0.2, 0.25) is 5.91 Å². The van der Waals surface area contributed by atoms with Crippen LogP contribution in [-0.4, -0.2) is 39.0 Å². The molecule has 1 aliphatic rings. The quantitative estimate of drug-likeness (QED) is 0.795. The Kier molecular flexibility index (Phi) is 3.19. The number of aliphatic hydroxyl groups excluding tert-OH is 1. The van der Waals surface area contributed by atoms with Crippen molar-refractivity contribution in [1.29, 1.82) is 0 Å². The first-order valence-electron chi connectivity index (χ1n) is 5.92. The van der Waals surface area contributed by atoms with E-state index in [9.17, 15) is 4.79 Å². The van der Waals surface area contributed by atoms with Crippen LogP contribution in [0, 0.1) is 11.3 Å². The number of carbonyl (C=O) groups is 1. The van der Waals surface area contributed by atoms with Gasteiger partial charge in [0.15, 0.2) is 0 Å². The molecule has 1 atom stereocenters. The molecule has 1 unspecified atom stereocenters. The lowest BCUT2D eigenvalue weighted by Crippen LogP contribution is -2.35. The lowest BCUT2D eigenvalue weighted by Gasteiger charge is -2.21. The molecule has 0 spiro atoms. The summed E-state index contributed by atoms with van der Waals surface area (Å²) in [7, 11) is 0. The van der Waals surface area contributed by atoms with Crippen LogP contribution < -0.4 is 0 Å². The van der Waals surface area contributed by atoms with Gasteiger partial charge in [-0.3, -0.25) is 4.79 Å². The van der Waals surface area contributed by atoms with Crippen molar-refractivity contribution in [2.45, 2.75) is 26.8 Å². The molecule has 2 rings (SSSR count). The minimum atomic E-state index is -0.0143. The van der Waals surface area contributed by atoms with Gasteiger partial charge in [0.05, 0.1) is 13.2 Å². The summed E-state index contributed by atoms with van der Waals surface area (Å²) in [5, 5.41) is 9.02. The van der Waals surface area contributed by atoms with Gasteiger partial charge in [-0.1, -0.05) is 13.8 Å². The van der Waals surface area contributed by atoms with Crippen LogP contribution in [0.5, 0.6) is 0 Å². The molecule has 2 N–H and O–H groups in total. The Balaban J connectivity index is 1.99. The molecular weight excluding hydrogens is 218 g/mol. The first-order chi connectivity index (χ1) is 8.04. The van der Waals surface area contributed by atoms with Crippen molar-refractivity contribution in [2.24, 2.45) is 11.3 Å². The molecule has 0 saturated heterocycles. The Morgan fingerprint density at radius 1 is 1.71 bits per heavy atom. The summed E-state index contributed by atoms with van der Waals surface area (Å²) < 4.78 is 0. The van der Waals surface area contributed by atoms with Gasteiger partial charge in [-0.15, -0.1) is 0 Å². The van der Waals surface area contributed by atoms with Crippen LogP contribution in [-0.2, 0) is 11.3 Å². The van der Waals surface area contributed by atoms with Crippen molar-refractivity contribution in [2.75, 3.05) is 13.2 Å². The van der Waals surface area contributed by atoms with Crippen LogP contribution >= 0.6 is 0 Å². The summed E-state index contributed by atoms with van der Waals surface area (Å²) in [6.07, 6.45) is 4.34. The maximum atomic E-state index is 12.2. The van der Waals surface area contributed by atoms with Gasteiger partial charge in [0.1, 0.15) is 5.82 Å². The molecule has 1 fully saturated rings. The zero-order chi connectivity index (χ0) is 12.5. The second-order valence-electron chi connectivity index (χ2n) is 5.26. The molecule has 1 aromatic rings. The lowest BCUT2D eigenvalue weighted by molar-refractivity contribution is -0.134. The van der Waals surface area contributed by atoms with E-state index < -0.39 is 0 Å². The summed E-state index contributed by atoms with van der Waals surface area (Å²) in [5.41, 5.74) is 0.119. The summed E-state index contributed by atoms with van der Waals surface area (Å²) in [5.74, 6) is 0.981. The molecule has 0 aliphatic heterocycles. The molecule has 94 valence electrons. The third kappa shape index (κ3) is 2.66. The average Bonchev–Trinajstić information content (AvgIpc) is 2.71. The summed E-state index contributed by atoms with van der Waals surface area (Å²) >= 11 is 0. The van der Waals surface area contributed by atoms with Crippen molar-refractivity contribution in [3.8, 4) is 0 Å². The number of aliphatic hydroxyl groups is 1. The second-order valence-corrected chi connectivity index (χ2v) is 5.26. The standard InChI is InChI=1S/C12H19N3O2/c1-12(2)7-9(12)11(17)15(5-6-16)8-10-13-3-4-14-10/h3-4,9,16H,5-8H2,1-2H3,(H,13,14). The number of hydrogen-bond acceptors (Lipinski definition) is 3. The lowest BCUT2D eigenvalue weighted by atomic mass is 10.1. The van der Waals surface area contributed by atoms with Gasteiger partial charge in [0.25, 0.3) is 0 Å². The van der Waals surface area contributed by atoms with Gasteiger partial charge >= 0.3 is 0 Å². The maximum Gasteiger partial charge on any atom is 0.226 e. The maximum absolute atomic E-state index is 12.2. The van der Waals surface area contributed by atoms with E-state index in [1.807, 2.05) is 0 Å². The van der Waals surface area contributed by atoms with E-state index in [0.717, 1.165) is 12.2 Å². The van der Waals surface area contributed by atoms with Crippen LogP contribution in [0.3, 0.4) is 0 Å². The van der Waals surface area contributed by atoms with Gasteiger partial charge in [-0.2, -0.15) is 0 Å². The van der Waals surface area contributed by atoms with E-state index in [4.69, 9.17) is 5.11 Å². The fourth-order valence-corrected chi connectivity index (χ4v) is 2.06. The van der Waals surface area contributed by atoms with Gasteiger partial charge in [0, 0.05) is 24.9 Å². The molecule has 1 aromatic heterocycles. The number of aromatic nitrogens is 2. The molecule has 5 heteroatoms. The van der Waals surface area contributed by atoms with Crippen molar-refractivity contribution in [3.63, 3.8) is 0 Å². The summed E-state index contributed by atoms with van der Waals surface area (Å²) in [6, 6.07) is 0. The Bertz CT molecular complexity index is 386. The Hall–Kier alpha value is -1.36. The van der Waals surface area contributed by atoms with Crippen molar-refractivity contribution in [3.05, 3.63) is 18.2 Å². The normalized spacial score (nSPS) is 21.2. The predicted octanol–water partition coefficient (Wildman–Crippen LogP) is 0.777. The fraction of sp³-hybridized carbons (Fsp3) is 0.667. The third-order valence-electron chi connectivity index (χ3n) is 3.39. The van der Waals surface area contributed by atoms with E-state index in [1.54, 1.807) is 17.3 Å². The zero-order valence-corrected chi connectivity index (χ0v) is 10.3. The predicted molar refractivity (Wildman–Crippen MR) is 63.0 cm³/mol. The Morgan fingerprint density at radius 3 is 2.88 bits per heavy atom. The Morgan fingerprint density at radius 2 is 2.41 bits per heavy atom. The number of aromatic amines is 1. The van der Waals surface area contributed by atoms with Crippen molar-refractivity contribution in [1.82, 2.24) is 14.9 Å². The number of amides is 1. The summed E-state index contributed by atoms with van der Waals surface area (Å²) in [4.78, 5) is 21.0. The number of imidazole rings is 1. The highest BCUT2D eigenvalue weighted by Crippen LogP contribution is 2.52. The molecule has 1 heterocycles. The fourth-order valence-electron chi connectivity index (χ4n) is 2.06. The van der Waals surface area contributed by atoms with E-state index in [-0.39, 0.29) is 23.8 Å². The van der Waals surface area contributed by atoms with Crippen LogP contribution in [0.1, 0.15) is 26.1 Å². The van der Waals surface area contributed by atoms with Crippen molar-refractivity contribution < 1.29 is 9.90 Å². The average molecular weight is 237 g/mol. The van der Waals surface area contributed by atoms with E-state index in [2.05, 4.69) is 23.8 Å². The number of nitrogens with one attached hydrogen (secondary N) is 1. The number of nitrogens with zero attached hydrogens (tertiary/aromatic N) is 2. The van der Waals surface area contributed by atoms with Crippen LogP contribution in [0.25, 0.3) is 0 Å². The molecule has 0 bridgehead atoms. The number of rotatable bonds is 5. The summed E-state index contributed by atoms with van der Waals surface area (Å²) in [6.45, 7) is 4.99. The minimum Gasteiger partial charge on any atom is -0.395 e. The van der Waals surface area contributed by atoms with Crippen molar-refractivity contribution >= 4 is 5.91 Å². The monoisotopic (exact) mass is 237 g/mol. The van der Waals surface area contributed by atoms with E-state index >= 15 is 0 Å². The SMILES string of the molecule is CC1(C)CC1C(=O)N(CCO)Cc1ncc[nH]1. The van der Waals surface area contributed by atoms with E-state index in [0.29, 0.717) is 13.1 Å². The van der Waals surface area contributed by atoms with Crippen LogP contribution in [0.4, 0.5) is 0 Å². The number of hydrogen-bond donors (Lipinski definition) is 2. The second kappa shape index (κ2) is 4.49.